The summed E-state index contributed by atoms with van der Waals surface area (Å²) in [6.45, 7) is 0.124. The van der Waals surface area contributed by atoms with E-state index in [1.165, 1.54) is 35.2 Å². The van der Waals surface area contributed by atoms with E-state index in [1.54, 1.807) is 38.4 Å². The molecule has 0 aliphatic heterocycles. The second-order valence-corrected chi connectivity index (χ2v) is 10.4. The molecule has 0 unspecified atom stereocenters. The Labute approximate surface area is 275 Å². The number of benzene rings is 4. The van der Waals surface area contributed by atoms with Crippen LogP contribution in [-0.2, 0) is 17.9 Å². The first-order valence-corrected chi connectivity index (χ1v) is 14.5. The zero-order chi connectivity index (χ0) is 34.0. The molecule has 0 radical (unpaired) electrons. The average Bonchev–Trinajstić information content (AvgIpc) is 3.10. The second kappa shape index (κ2) is 15.0. The van der Waals surface area contributed by atoms with Crippen molar-refractivity contribution in [2.45, 2.75) is 13.2 Å². The van der Waals surface area contributed by atoms with Gasteiger partial charge < -0.3 is 24.4 Å². The summed E-state index contributed by atoms with van der Waals surface area (Å²) in [6.07, 6.45) is 0. The number of nitrogens with zero attached hydrogens (tertiary/aromatic N) is 5. The van der Waals surface area contributed by atoms with Crippen molar-refractivity contribution in [2.75, 3.05) is 19.4 Å². The largest absolute Gasteiger partial charge is 0.457 e. The molecule has 0 aliphatic carbocycles. The lowest BCUT2D eigenvalue weighted by Gasteiger charge is -2.14. The van der Waals surface area contributed by atoms with Crippen LogP contribution in [0, 0.1) is 21.4 Å². The molecule has 13 nitrogen and oxygen atoms in total. The number of esters is 1. The summed E-state index contributed by atoms with van der Waals surface area (Å²) in [6, 6.07) is 29.9. The van der Waals surface area contributed by atoms with Gasteiger partial charge in [0.05, 0.1) is 16.6 Å². The molecule has 0 saturated carbocycles. The fourth-order valence-electron chi connectivity index (χ4n) is 4.41. The first-order chi connectivity index (χ1) is 23.2. The summed E-state index contributed by atoms with van der Waals surface area (Å²) in [4.78, 5) is 47.3. The van der Waals surface area contributed by atoms with Gasteiger partial charge in [-0.1, -0.05) is 66.7 Å². The number of nitrogens with one attached hydrogen (secondary N) is 1. The Kier molecular flexibility index (Phi) is 10.2. The number of amides is 1. The molecular weight excluding hydrogens is 616 g/mol. The van der Waals surface area contributed by atoms with Gasteiger partial charge in [0, 0.05) is 26.2 Å². The molecule has 0 atom stereocenters. The average molecular weight is 645 g/mol. The lowest BCUT2D eigenvalue weighted by Crippen LogP contribution is -2.21. The van der Waals surface area contributed by atoms with E-state index in [2.05, 4.69) is 15.3 Å². The third kappa shape index (κ3) is 8.06. The summed E-state index contributed by atoms with van der Waals surface area (Å²) in [7, 11) is 3.18. The maximum absolute atomic E-state index is 13.2. The molecule has 5 rings (SSSR count). The third-order valence-corrected chi connectivity index (χ3v) is 6.76. The highest BCUT2D eigenvalue weighted by Gasteiger charge is 2.29. The minimum atomic E-state index is -0.749. The number of nitriles is 1. The van der Waals surface area contributed by atoms with Crippen LogP contribution in [0.25, 0.3) is 0 Å². The number of ether oxygens (including phenoxy) is 3. The molecule has 48 heavy (non-hydrogen) atoms. The van der Waals surface area contributed by atoms with Crippen LogP contribution >= 0.6 is 0 Å². The van der Waals surface area contributed by atoms with E-state index in [9.17, 15) is 25.0 Å². The highest BCUT2D eigenvalue weighted by atomic mass is 16.6. The van der Waals surface area contributed by atoms with E-state index in [-0.39, 0.29) is 53.1 Å². The van der Waals surface area contributed by atoms with Crippen molar-refractivity contribution in [3.63, 3.8) is 0 Å². The van der Waals surface area contributed by atoms with E-state index in [0.29, 0.717) is 0 Å². The minimum absolute atomic E-state index is 0.0198. The molecule has 1 N–H and O–H groups in total. The van der Waals surface area contributed by atoms with Crippen LogP contribution in [0.15, 0.2) is 103 Å². The first-order valence-electron chi connectivity index (χ1n) is 14.5. The van der Waals surface area contributed by atoms with Gasteiger partial charge in [0.15, 0.2) is 0 Å². The molecule has 4 aromatic carbocycles. The third-order valence-electron chi connectivity index (χ3n) is 6.76. The summed E-state index contributed by atoms with van der Waals surface area (Å²) < 4.78 is 17.3. The Morgan fingerprint density at radius 2 is 1.60 bits per heavy atom. The van der Waals surface area contributed by atoms with Crippen LogP contribution in [-0.4, -0.2) is 45.8 Å². The fraction of sp³-hybridized carbons (Fsp3) is 0.114. The first kappa shape index (κ1) is 32.6. The summed E-state index contributed by atoms with van der Waals surface area (Å²) >= 11 is 0. The monoisotopic (exact) mass is 644 g/mol. The van der Waals surface area contributed by atoms with Gasteiger partial charge in [-0.05, 0) is 47.5 Å². The van der Waals surface area contributed by atoms with Crippen molar-refractivity contribution >= 4 is 23.4 Å². The Balaban J connectivity index is 1.54. The SMILES string of the molecule is CN(C)C(=O)c1cccc(Oc2nc(Oc3cc(C#N)ccc3C(=O)OCc3ccccc3)nc(NCc3ccccc3)c2[N+](=O)[O-])c1. The molecule has 1 heterocycles. The lowest BCUT2D eigenvalue weighted by molar-refractivity contribution is -0.385. The highest BCUT2D eigenvalue weighted by Crippen LogP contribution is 2.38. The van der Waals surface area contributed by atoms with Crippen LogP contribution in [0.2, 0.25) is 0 Å². The number of nitro groups is 1. The van der Waals surface area contributed by atoms with Crippen LogP contribution in [0.1, 0.15) is 37.4 Å². The topological polar surface area (TPSA) is 170 Å². The summed E-state index contributed by atoms with van der Waals surface area (Å²) in [5.41, 5.74) is 1.36. The van der Waals surface area contributed by atoms with E-state index in [1.807, 2.05) is 54.6 Å². The number of carbonyl (C=O) groups excluding carboxylic acids is 2. The molecule has 0 spiro atoms. The van der Waals surface area contributed by atoms with Crippen LogP contribution in [0.3, 0.4) is 0 Å². The van der Waals surface area contributed by atoms with E-state index in [0.717, 1.165) is 11.1 Å². The number of anilines is 1. The molecule has 0 fully saturated rings. The number of hydrogen-bond donors (Lipinski definition) is 1. The Morgan fingerprint density at radius 3 is 2.27 bits per heavy atom. The second-order valence-electron chi connectivity index (χ2n) is 10.4. The van der Waals surface area contributed by atoms with Crippen LogP contribution in [0.4, 0.5) is 11.5 Å². The summed E-state index contributed by atoms with van der Waals surface area (Å²) in [5.74, 6) is -1.84. The molecule has 5 aromatic rings. The van der Waals surface area contributed by atoms with E-state index < -0.39 is 28.5 Å². The van der Waals surface area contributed by atoms with Crippen molar-refractivity contribution in [1.82, 2.24) is 14.9 Å². The predicted molar refractivity (Wildman–Crippen MR) is 174 cm³/mol. The number of rotatable bonds is 12. The van der Waals surface area contributed by atoms with E-state index >= 15 is 0 Å². The normalized spacial score (nSPS) is 10.4. The predicted octanol–water partition coefficient (Wildman–Crippen LogP) is 6.51. The molecule has 0 saturated heterocycles. The maximum Gasteiger partial charge on any atom is 0.373 e. The molecule has 240 valence electrons. The smallest absolute Gasteiger partial charge is 0.373 e. The van der Waals surface area contributed by atoms with Gasteiger partial charge in [0.1, 0.15) is 23.7 Å². The van der Waals surface area contributed by atoms with Crippen LogP contribution < -0.4 is 14.8 Å². The fourth-order valence-corrected chi connectivity index (χ4v) is 4.41. The van der Waals surface area contributed by atoms with Crippen molar-refractivity contribution in [2.24, 2.45) is 0 Å². The van der Waals surface area contributed by atoms with Crippen molar-refractivity contribution in [1.29, 1.82) is 5.26 Å². The molecule has 1 amide bonds. The number of aromatic nitrogens is 2. The zero-order valence-electron chi connectivity index (χ0n) is 25.8. The van der Waals surface area contributed by atoms with E-state index in [4.69, 9.17) is 14.2 Å². The van der Waals surface area contributed by atoms with Gasteiger partial charge in [-0.2, -0.15) is 15.2 Å². The van der Waals surface area contributed by atoms with Gasteiger partial charge in [-0.15, -0.1) is 0 Å². The molecule has 0 bridgehead atoms. The minimum Gasteiger partial charge on any atom is -0.457 e. The Morgan fingerprint density at radius 1 is 0.896 bits per heavy atom. The summed E-state index contributed by atoms with van der Waals surface area (Å²) in [5, 5.41) is 24.9. The molecular formula is C35H28N6O7. The van der Waals surface area contributed by atoms with Gasteiger partial charge in [-0.3, -0.25) is 14.9 Å². The zero-order valence-corrected chi connectivity index (χ0v) is 25.8. The quantitative estimate of drug-likeness (QED) is 0.0892. The van der Waals surface area contributed by atoms with Gasteiger partial charge in [0.25, 0.3) is 5.91 Å². The van der Waals surface area contributed by atoms with Gasteiger partial charge >= 0.3 is 23.5 Å². The molecule has 13 heteroatoms. The Hall–Kier alpha value is -6.81. The van der Waals surface area contributed by atoms with Gasteiger partial charge in [0.2, 0.25) is 5.82 Å². The standard InChI is InChI=1S/C35H28N6O7/c1-40(2)33(42)26-14-9-15-27(19-26)47-32-30(41(44)45)31(37-21-23-10-5-3-6-11-23)38-35(39-32)48-29-18-25(20-36)16-17-28(29)34(43)46-22-24-12-7-4-8-13-24/h3-19H,21-22H2,1-2H3,(H,37,38,39). The number of carbonyl (C=O) groups is 2. The molecule has 0 aliphatic rings. The Bertz CT molecular complexity index is 2000. The van der Waals surface area contributed by atoms with Crippen molar-refractivity contribution in [3.05, 3.63) is 141 Å². The number of hydrogen-bond acceptors (Lipinski definition) is 11. The van der Waals surface area contributed by atoms with Crippen molar-refractivity contribution in [3.8, 4) is 29.5 Å². The van der Waals surface area contributed by atoms with Crippen molar-refractivity contribution < 1.29 is 28.7 Å². The molecule has 1 aromatic heterocycles. The van der Waals surface area contributed by atoms with Crippen LogP contribution in [0.5, 0.6) is 23.4 Å². The lowest BCUT2D eigenvalue weighted by atomic mass is 10.1. The van der Waals surface area contributed by atoms with Gasteiger partial charge in [-0.25, -0.2) is 4.79 Å². The maximum atomic E-state index is 13.2. The highest BCUT2D eigenvalue weighted by molar-refractivity contribution is 5.94.